The van der Waals surface area contributed by atoms with Crippen molar-refractivity contribution in [3.05, 3.63) is 60.2 Å². The summed E-state index contributed by atoms with van der Waals surface area (Å²) < 4.78 is 31.2. The number of carbonyl (C=O) groups is 1. The molecule has 3 aromatic rings. The summed E-state index contributed by atoms with van der Waals surface area (Å²) in [5, 5.41) is 2.40. The maximum absolute atomic E-state index is 13.5. The molecular weight excluding hydrogens is 352 g/mol. The smallest absolute Gasteiger partial charge is 0.234 e. The Morgan fingerprint density at radius 3 is 2.71 bits per heavy atom. The second-order valence-corrected chi connectivity index (χ2v) is 6.69. The Bertz CT molecular complexity index is 856. The number of nitrogens with zero attached hydrogens (tertiary/aromatic N) is 2. The molecule has 0 atom stereocenters. The van der Waals surface area contributed by atoms with Gasteiger partial charge in [0.2, 0.25) is 5.91 Å². The molecule has 0 radical (unpaired) electrons. The number of nitrogens with one attached hydrogen (secondary N) is 1. The summed E-state index contributed by atoms with van der Waals surface area (Å²) in [6.07, 6.45) is 0. The molecule has 1 heterocycles. The van der Waals surface area contributed by atoms with Gasteiger partial charge in [0.25, 0.3) is 0 Å². The summed E-state index contributed by atoms with van der Waals surface area (Å²) in [6, 6.07) is 12.5. The van der Waals surface area contributed by atoms with Crippen LogP contribution in [0, 0.1) is 11.6 Å². The Morgan fingerprint density at radius 1 is 1.17 bits per heavy atom. The van der Waals surface area contributed by atoms with Crippen molar-refractivity contribution < 1.29 is 13.6 Å². The quantitative estimate of drug-likeness (QED) is 0.690. The van der Waals surface area contributed by atoms with Crippen LogP contribution in [-0.4, -0.2) is 21.0 Å². The van der Waals surface area contributed by atoms with Crippen LogP contribution in [0.5, 0.6) is 0 Å². The van der Waals surface area contributed by atoms with Gasteiger partial charge in [0.15, 0.2) is 10.2 Å². The number of amides is 1. The number of hydrogen-bond acceptors (Lipinski definition) is 5. The van der Waals surface area contributed by atoms with Gasteiger partial charge in [-0.1, -0.05) is 42.1 Å². The van der Waals surface area contributed by atoms with E-state index in [1.54, 1.807) is 0 Å². The second kappa shape index (κ2) is 7.50. The van der Waals surface area contributed by atoms with Crippen molar-refractivity contribution in [1.29, 1.82) is 0 Å². The van der Waals surface area contributed by atoms with Crippen LogP contribution in [0.25, 0.3) is 11.4 Å². The summed E-state index contributed by atoms with van der Waals surface area (Å²) in [5.41, 5.74) is 0.850. The molecular formula is C16H11F2N3OS2. The van der Waals surface area contributed by atoms with Crippen LogP contribution < -0.4 is 5.32 Å². The van der Waals surface area contributed by atoms with E-state index in [4.69, 9.17) is 0 Å². The SMILES string of the molecule is O=C(CSc1nc(-c2ccccc2)ns1)Nc1ccc(F)cc1F. The van der Waals surface area contributed by atoms with E-state index >= 15 is 0 Å². The predicted molar refractivity (Wildman–Crippen MR) is 91.1 cm³/mol. The first-order chi connectivity index (χ1) is 11.6. The van der Waals surface area contributed by atoms with Gasteiger partial charge in [-0.05, 0) is 23.7 Å². The van der Waals surface area contributed by atoms with Crippen molar-refractivity contribution in [2.75, 3.05) is 11.1 Å². The van der Waals surface area contributed by atoms with E-state index in [0.29, 0.717) is 10.2 Å². The largest absolute Gasteiger partial charge is 0.323 e. The van der Waals surface area contributed by atoms with Crippen molar-refractivity contribution in [2.24, 2.45) is 0 Å². The van der Waals surface area contributed by atoms with Gasteiger partial charge in [-0.3, -0.25) is 4.79 Å². The number of rotatable bonds is 5. The molecule has 0 aliphatic carbocycles. The summed E-state index contributed by atoms with van der Waals surface area (Å²) in [5.74, 6) is -1.24. The summed E-state index contributed by atoms with van der Waals surface area (Å²) in [7, 11) is 0. The average molecular weight is 363 g/mol. The van der Waals surface area contributed by atoms with Gasteiger partial charge in [-0.25, -0.2) is 13.8 Å². The van der Waals surface area contributed by atoms with Crippen LogP contribution in [0.2, 0.25) is 0 Å². The van der Waals surface area contributed by atoms with E-state index < -0.39 is 17.5 Å². The number of anilines is 1. The molecule has 3 rings (SSSR count). The Labute approximate surface area is 145 Å². The van der Waals surface area contributed by atoms with Crippen molar-refractivity contribution in [3.8, 4) is 11.4 Å². The zero-order valence-electron chi connectivity index (χ0n) is 12.2. The lowest BCUT2D eigenvalue weighted by Gasteiger charge is -2.05. The third-order valence-electron chi connectivity index (χ3n) is 2.97. The lowest BCUT2D eigenvalue weighted by atomic mass is 10.2. The molecule has 4 nitrogen and oxygen atoms in total. The monoisotopic (exact) mass is 363 g/mol. The first kappa shape index (κ1) is 16.5. The maximum Gasteiger partial charge on any atom is 0.234 e. The molecule has 0 unspecified atom stereocenters. The lowest BCUT2D eigenvalue weighted by Crippen LogP contribution is -2.15. The Balaban J connectivity index is 1.58. The molecule has 0 saturated carbocycles. The third kappa shape index (κ3) is 4.15. The van der Waals surface area contributed by atoms with Crippen molar-refractivity contribution in [3.63, 3.8) is 0 Å². The average Bonchev–Trinajstić information content (AvgIpc) is 3.05. The highest BCUT2D eigenvalue weighted by atomic mass is 32.2. The van der Waals surface area contributed by atoms with Gasteiger partial charge in [-0.2, -0.15) is 4.37 Å². The van der Waals surface area contributed by atoms with Crippen LogP contribution in [0.1, 0.15) is 0 Å². The minimum atomic E-state index is -0.810. The number of halogens is 2. The van der Waals surface area contributed by atoms with Crippen molar-refractivity contribution in [1.82, 2.24) is 9.36 Å². The van der Waals surface area contributed by atoms with Gasteiger partial charge in [0.05, 0.1) is 11.4 Å². The van der Waals surface area contributed by atoms with Gasteiger partial charge >= 0.3 is 0 Å². The maximum atomic E-state index is 13.5. The summed E-state index contributed by atoms with van der Waals surface area (Å²) in [4.78, 5) is 16.2. The van der Waals surface area contributed by atoms with E-state index in [1.165, 1.54) is 29.4 Å². The summed E-state index contributed by atoms with van der Waals surface area (Å²) >= 11 is 2.40. The Kier molecular flexibility index (Phi) is 5.17. The van der Waals surface area contributed by atoms with Crippen LogP contribution in [-0.2, 0) is 4.79 Å². The molecule has 1 aromatic heterocycles. The van der Waals surface area contributed by atoms with Crippen LogP contribution >= 0.6 is 23.3 Å². The fourth-order valence-corrected chi connectivity index (χ4v) is 3.29. The van der Waals surface area contributed by atoms with Crippen molar-refractivity contribution in [2.45, 2.75) is 4.34 Å². The number of hydrogen-bond donors (Lipinski definition) is 1. The van der Waals surface area contributed by atoms with Gasteiger partial charge in [-0.15, -0.1) is 0 Å². The minimum Gasteiger partial charge on any atom is -0.323 e. The number of carbonyl (C=O) groups excluding carboxylic acids is 1. The highest BCUT2D eigenvalue weighted by Gasteiger charge is 2.11. The molecule has 1 amide bonds. The van der Waals surface area contributed by atoms with E-state index in [1.807, 2.05) is 30.3 Å². The molecule has 0 bridgehead atoms. The molecule has 1 N–H and O–H groups in total. The lowest BCUT2D eigenvalue weighted by molar-refractivity contribution is -0.113. The van der Waals surface area contributed by atoms with Crippen molar-refractivity contribution >= 4 is 34.9 Å². The van der Waals surface area contributed by atoms with Gasteiger partial charge in [0.1, 0.15) is 11.6 Å². The molecule has 122 valence electrons. The topological polar surface area (TPSA) is 54.9 Å². The number of benzene rings is 2. The predicted octanol–water partition coefficient (Wildman–Crippen LogP) is 4.21. The Morgan fingerprint density at radius 2 is 1.96 bits per heavy atom. The van der Waals surface area contributed by atoms with Crippen LogP contribution in [0.15, 0.2) is 52.9 Å². The normalized spacial score (nSPS) is 10.6. The van der Waals surface area contributed by atoms with E-state index in [-0.39, 0.29) is 11.4 Å². The molecule has 0 aliphatic heterocycles. The Hall–Kier alpha value is -2.32. The fourth-order valence-electron chi connectivity index (χ4n) is 1.88. The minimum absolute atomic E-state index is 0.0516. The molecule has 0 aliphatic rings. The summed E-state index contributed by atoms with van der Waals surface area (Å²) in [6.45, 7) is 0. The molecule has 2 aromatic carbocycles. The molecule has 0 fully saturated rings. The molecule has 8 heteroatoms. The van der Waals surface area contributed by atoms with Gasteiger partial charge < -0.3 is 5.32 Å². The molecule has 0 spiro atoms. The van der Waals surface area contributed by atoms with Gasteiger partial charge in [0, 0.05) is 11.6 Å². The third-order valence-corrected chi connectivity index (χ3v) is 4.80. The number of thioether (sulfide) groups is 1. The van der Waals surface area contributed by atoms with E-state index in [0.717, 1.165) is 17.7 Å². The zero-order chi connectivity index (χ0) is 16.9. The van der Waals surface area contributed by atoms with E-state index in [9.17, 15) is 13.6 Å². The molecule has 0 saturated heterocycles. The zero-order valence-corrected chi connectivity index (χ0v) is 13.8. The standard InChI is InChI=1S/C16H11F2N3OS2/c17-11-6-7-13(12(18)8-11)19-14(22)9-23-16-20-15(21-24-16)10-4-2-1-3-5-10/h1-8H,9H2,(H,19,22). The first-order valence-corrected chi connectivity index (χ1v) is 8.64. The highest BCUT2D eigenvalue weighted by Crippen LogP contribution is 2.25. The number of aromatic nitrogens is 2. The first-order valence-electron chi connectivity index (χ1n) is 6.88. The highest BCUT2D eigenvalue weighted by molar-refractivity contribution is 8.01. The van der Waals surface area contributed by atoms with Crippen LogP contribution in [0.4, 0.5) is 14.5 Å². The van der Waals surface area contributed by atoms with Crippen LogP contribution in [0.3, 0.4) is 0 Å². The fraction of sp³-hybridized carbons (Fsp3) is 0.0625. The molecule has 24 heavy (non-hydrogen) atoms. The second-order valence-electron chi connectivity index (χ2n) is 4.71. The van der Waals surface area contributed by atoms with E-state index in [2.05, 4.69) is 14.7 Å².